The van der Waals surface area contributed by atoms with E-state index in [1.54, 1.807) is 0 Å². The Morgan fingerprint density at radius 1 is 1.58 bits per heavy atom. The van der Waals surface area contributed by atoms with Gasteiger partial charge >= 0.3 is 5.97 Å². The molecule has 3 aliphatic rings. The number of carbonyl (C=O) groups excluding carboxylic acids is 1. The van der Waals surface area contributed by atoms with Gasteiger partial charge in [-0.3, -0.25) is 9.69 Å². The number of hydrogen-bond donors (Lipinski definition) is 2. The van der Waals surface area contributed by atoms with Crippen LogP contribution in [0.5, 0.6) is 0 Å². The van der Waals surface area contributed by atoms with E-state index in [0.29, 0.717) is 12.4 Å². The Kier molecular flexibility index (Phi) is 3.07. The molecule has 0 bridgehead atoms. The molecule has 0 radical (unpaired) electrons. The molecule has 2 unspecified atom stereocenters. The largest absolute Gasteiger partial charge is 0.477 e. The molecule has 0 aliphatic carbocycles. The van der Waals surface area contributed by atoms with Crippen LogP contribution in [0.2, 0.25) is 0 Å². The van der Waals surface area contributed by atoms with Crippen molar-refractivity contribution in [3.8, 4) is 0 Å². The van der Waals surface area contributed by atoms with Crippen LogP contribution in [0.15, 0.2) is 11.3 Å². The van der Waals surface area contributed by atoms with Gasteiger partial charge in [0.15, 0.2) is 0 Å². The summed E-state index contributed by atoms with van der Waals surface area (Å²) in [5.41, 5.74) is 6.52. The molecule has 19 heavy (non-hydrogen) atoms. The van der Waals surface area contributed by atoms with Gasteiger partial charge in [0.1, 0.15) is 17.1 Å². The lowest BCUT2D eigenvalue weighted by molar-refractivity contribution is -0.148. The van der Waals surface area contributed by atoms with Crippen LogP contribution in [0.3, 0.4) is 0 Å². The first-order valence-corrected chi connectivity index (χ1v) is 7.35. The normalized spacial score (nSPS) is 38.2. The van der Waals surface area contributed by atoms with Gasteiger partial charge in [-0.2, -0.15) is 0 Å². The quantitative estimate of drug-likeness (QED) is 0.693. The summed E-state index contributed by atoms with van der Waals surface area (Å²) in [4.78, 5) is 24.6. The maximum Gasteiger partial charge on any atom is 0.352 e. The average molecular weight is 284 g/mol. The number of nitrogens with zero attached hydrogens (tertiary/aromatic N) is 1. The van der Waals surface area contributed by atoms with Crippen molar-refractivity contribution in [2.24, 2.45) is 11.7 Å². The van der Waals surface area contributed by atoms with Crippen molar-refractivity contribution in [1.29, 1.82) is 0 Å². The number of amides is 1. The van der Waals surface area contributed by atoms with Crippen LogP contribution in [-0.2, 0) is 14.3 Å². The zero-order valence-electron chi connectivity index (χ0n) is 10.5. The Hall–Kier alpha value is -1.05. The van der Waals surface area contributed by atoms with Crippen molar-refractivity contribution in [3.05, 3.63) is 11.3 Å². The molecule has 0 aromatic heterocycles. The summed E-state index contributed by atoms with van der Waals surface area (Å²) in [7, 11) is 0. The molecule has 3 N–H and O–H groups in total. The van der Waals surface area contributed by atoms with Crippen molar-refractivity contribution in [3.63, 3.8) is 0 Å². The standard InChI is InChI=1S/C12H16N2O4S/c1-5-2-3-18-9(5)6-4-19-11-7(13)10(15)14(11)8(6)12(16)17/h5,7,9,11H,2-4,13H2,1H3,(H,16,17)/t5?,7-,9?,11-/m1/s1. The lowest BCUT2D eigenvalue weighted by atomic mass is 9.94. The fourth-order valence-electron chi connectivity index (χ4n) is 2.90. The summed E-state index contributed by atoms with van der Waals surface area (Å²) in [6.45, 7) is 2.69. The molecule has 2 fully saturated rings. The van der Waals surface area contributed by atoms with Crippen LogP contribution in [0.4, 0.5) is 0 Å². The van der Waals surface area contributed by atoms with Crippen molar-refractivity contribution in [2.45, 2.75) is 30.9 Å². The van der Waals surface area contributed by atoms with E-state index in [9.17, 15) is 14.7 Å². The van der Waals surface area contributed by atoms with Crippen LogP contribution >= 0.6 is 11.8 Å². The molecule has 104 valence electrons. The fourth-order valence-corrected chi connectivity index (χ4v) is 4.23. The molecular formula is C12H16N2O4S. The third-order valence-corrected chi connectivity index (χ3v) is 5.30. The number of hydrogen-bond acceptors (Lipinski definition) is 5. The summed E-state index contributed by atoms with van der Waals surface area (Å²) in [6.07, 6.45) is 0.729. The van der Waals surface area contributed by atoms with Crippen molar-refractivity contribution in [1.82, 2.24) is 4.90 Å². The van der Waals surface area contributed by atoms with Crippen LogP contribution in [0.1, 0.15) is 13.3 Å². The summed E-state index contributed by atoms with van der Waals surface area (Å²) >= 11 is 1.52. The molecule has 1 amide bonds. The van der Waals surface area contributed by atoms with Gasteiger partial charge in [0.05, 0.1) is 6.10 Å². The molecule has 4 atom stereocenters. The van der Waals surface area contributed by atoms with Crippen molar-refractivity contribution in [2.75, 3.05) is 12.4 Å². The Morgan fingerprint density at radius 2 is 2.32 bits per heavy atom. The summed E-state index contributed by atoms with van der Waals surface area (Å²) in [6, 6.07) is -0.581. The highest BCUT2D eigenvalue weighted by molar-refractivity contribution is 8.00. The third-order valence-electron chi connectivity index (χ3n) is 3.97. The van der Waals surface area contributed by atoms with Gasteiger partial charge < -0.3 is 15.6 Å². The van der Waals surface area contributed by atoms with Gasteiger partial charge in [-0.15, -0.1) is 11.8 Å². The number of rotatable bonds is 2. The van der Waals surface area contributed by atoms with Gasteiger partial charge in [0.2, 0.25) is 5.91 Å². The molecule has 0 saturated carbocycles. The number of nitrogens with two attached hydrogens (primary N) is 1. The lowest BCUT2D eigenvalue weighted by Crippen LogP contribution is -2.68. The monoisotopic (exact) mass is 284 g/mol. The number of carbonyl (C=O) groups is 2. The van der Waals surface area contributed by atoms with E-state index < -0.39 is 12.0 Å². The van der Waals surface area contributed by atoms with Crippen molar-refractivity contribution >= 4 is 23.6 Å². The number of thioether (sulfide) groups is 1. The van der Waals surface area contributed by atoms with Gasteiger partial charge in [-0.1, -0.05) is 6.92 Å². The highest BCUT2D eigenvalue weighted by Crippen LogP contribution is 2.42. The first kappa shape index (κ1) is 13.0. The second-order valence-corrected chi connectivity index (χ2v) is 6.28. The van der Waals surface area contributed by atoms with E-state index in [1.807, 2.05) is 6.92 Å². The van der Waals surface area contributed by atoms with Crippen LogP contribution in [-0.4, -0.2) is 51.8 Å². The number of aliphatic carboxylic acids is 1. The molecule has 7 heteroatoms. The third kappa shape index (κ3) is 1.79. The van der Waals surface area contributed by atoms with Gasteiger partial charge in [0, 0.05) is 12.4 Å². The molecule has 0 aromatic rings. The van der Waals surface area contributed by atoms with Crippen LogP contribution < -0.4 is 5.73 Å². The predicted molar refractivity (Wildman–Crippen MR) is 69.3 cm³/mol. The molecular weight excluding hydrogens is 268 g/mol. The Bertz CT molecular complexity index is 478. The zero-order chi connectivity index (χ0) is 13.7. The molecule has 2 saturated heterocycles. The number of ether oxygens (including phenoxy) is 1. The van der Waals surface area contributed by atoms with Crippen molar-refractivity contribution < 1.29 is 19.4 Å². The minimum atomic E-state index is -1.07. The number of carboxylic acids is 1. The number of fused-ring (bicyclic) bond motifs is 1. The van der Waals surface area contributed by atoms with E-state index in [-0.39, 0.29) is 29.0 Å². The molecule has 6 nitrogen and oxygen atoms in total. The van der Waals surface area contributed by atoms with E-state index in [2.05, 4.69) is 0 Å². The molecule has 3 heterocycles. The lowest BCUT2D eigenvalue weighted by Gasteiger charge is -2.48. The topological polar surface area (TPSA) is 92.9 Å². The van der Waals surface area contributed by atoms with E-state index in [4.69, 9.17) is 10.5 Å². The molecule has 0 aromatic carbocycles. The maximum atomic E-state index is 11.8. The van der Waals surface area contributed by atoms with Gasteiger partial charge in [-0.25, -0.2) is 4.79 Å². The summed E-state index contributed by atoms with van der Waals surface area (Å²) in [5.74, 6) is -0.522. The van der Waals surface area contributed by atoms with Crippen LogP contribution in [0.25, 0.3) is 0 Å². The van der Waals surface area contributed by atoms with Crippen LogP contribution in [0, 0.1) is 5.92 Å². The highest BCUT2D eigenvalue weighted by Gasteiger charge is 2.53. The second kappa shape index (κ2) is 4.50. The number of β-lactam (4-membered cyclic amide) rings is 1. The molecule has 0 spiro atoms. The first-order valence-electron chi connectivity index (χ1n) is 6.30. The smallest absolute Gasteiger partial charge is 0.352 e. The summed E-state index contributed by atoms with van der Waals surface area (Å²) in [5, 5.41) is 9.19. The number of carboxylic acid groups (broad SMARTS) is 1. The Morgan fingerprint density at radius 3 is 2.89 bits per heavy atom. The maximum absolute atomic E-state index is 11.8. The fraction of sp³-hybridized carbons (Fsp3) is 0.667. The first-order chi connectivity index (χ1) is 9.02. The second-order valence-electron chi connectivity index (χ2n) is 5.17. The highest BCUT2D eigenvalue weighted by atomic mass is 32.2. The van der Waals surface area contributed by atoms with E-state index >= 15 is 0 Å². The van der Waals surface area contributed by atoms with E-state index in [0.717, 1.165) is 12.0 Å². The Balaban J connectivity index is 1.99. The zero-order valence-corrected chi connectivity index (χ0v) is 11.4. The molecule has 3 aliphatic heterocycles. The average Bonchev–Trinajstić information content (AvgIpc) is 2.82. The van der Waals surface area contributed by atoms with E-state index in [1.165, 1.54) is 16.7 Å². The summed E-state index contributed by atoms with van der Waals surface area (Å²) < 4.78 is 5.65. The Labute approximate surface area is 115 Å². The molecule has 3 rings (SSSR count). The van der Waals surface area contributed by atoms with Gasteiger partial charge in [0.25, 0.3) is 0 Å². The minimum Gasteiger partial charge on any atom is -0.477 e. The SMILES string of the molecule is CC1CCOC1C1=C(C(=O)O)N2C(=O)[C@@H](N)[C@H]2SC1. The van der Waals surface area contributed by atoms with Gasteiger partial charge in [-0.05, 0) is 17.9 Å². The predicted octanol–water partition coefficient (Wildman–Crippen LogP) is -0.00750. The minimum absolute atomic E-state index is 0.0919.